The predicted molar refractivity (Wildman–Crippen MR) is 130 cm³/mol. The molecule has 5 rings (SSSR count). The zero-order valence-corrected chi connectivity index (χ0v) is 21.4. The normalized spacial score (nSPS) is 27.1. The molecule has 10 nitrogen and oxygen atoms in total. The van der Waals surface area contributed by atoms with E-state index < -0.39 is 5.97 Å². The van der Waals surface area contributed by atoms with E-state index in [1.807, 2.05) is 19.1 Å². The second kappa shape index (κ2) is 9.37. The number of carbonyl (C=O) groups excluding carboxylic acids is 1. The summed E-state index contributed by atoms with van der Waals surface area (Å²) in [4.78, 5) is 30.6. The van der Waals surface area contributed by atoms with Crippen LogP contribution in [0.1, 0.15) is 56.8 Å². The van der Waals surface area contributed by atoms with Crippen LogP contribution in [0, 0.1) is 30.1 Å². The molecule has 0 saturated heterocycles. The molecule has 0 spiro atoms. The molecule has 2 aromatic heterocycles. The molecule has 10 heteroatoms. The first-order valence-electron chi connectivity index (χ1n) is 12.8. The first-order chi connectivity index (χ1) is 17.2. The van der Waals surface area contributed by atoms with Gasteiger partial charge in [0.25, 0.3) is 0 Å². The molecule has 1 amide bonds. The molecule has 3 saturated carbocycles. The number of amides is 1. The molecule has 194 valence electrons. The molecular weight excluding hydrogens is 462 g/mol. The second-order valence-corrected chi connectivity index (χ2v) is 11.0. The molecule has 0 radical (unpaired) electrons. The molecule has 3 aliphatic carbocycles. The minimum atomic E-state index is -0.733. The van der Waals surface area contributed by atoms with Gasteiger partial charge in [-0.2, -0.15) is 0 Å². The lowest BCUT2D eigenvalue weighted by Gasteiger charge is -2.32. The third-order valence-corrected chi connectivity index (χ3v) is 8.52. The third-order valence-electron chi connectivity index (χ3n) is 8.52. The molecule has 1 N–H and O–H groups in total. The molecule has 4 atom stereocenters. The Balaban J connectivity index is 1.24. The molecular formula is C26H35N5O5. The molecule has 0 aromatic carbocycles. The fourth-order valence-corrected chi connectivity index (χ4v) is 5.78. The highest BCUT2D eigenvalue weighted by Gasteiger charge is 2.61. The molecule has 2 aromatic rings. The van der Waals surface area contributed by atoms with Gasteiger partial charge in [0, 0.05) is 20.6 Å². The van der Waals surface area contributed by atoms with Gasteiger partial charge >= 0.3 is 12.1 Å². The summed E-state index contributed by atoms with van der Waals surface area (Å²) in [6, 6.07) is 3.67. The van der Waals surface area contributed by atoms with Crippen LogP contribution >= 0.6 is 0 Å². The lowest BCUT2D eigenvalue weighted by Crippen LogP contribution is -2.36. The van der Waals surface area contributed by atoms with Crippen molar-refractivity contribution in [3.8, 4) is 17.1 Å². The topological polar surface area (TPSA) is 120 Å². The fourth-order valence-electron chi connectivity index (χ4n) is 5.78. The number of ether oxygens (including phenoxy) is 2. The SMILES string of the molecule is Cc1nc(-c2nnn(C)c2COC(=O)N(C)CC2CCC2)ccc1OC1CC2CC2(C)C(C(=O)O)C1. The van der Waals surface area contributed by atoms with Gasteiger partial charge in [-0.1, -0.05) is 18.6 Å². The lowest BCUT2D eigenvalue weighted by molar-refractivity contribution is -0.146. The summed E-state index contributed by atoms with van der Waals surface area (Å²) in [5.74, 6) is 0.519. The molecule has 4 unspecified atom stereocenters. The smallest absolute Gasteiger partial charge is 0.409 e. The van der Waals surface area contributed by atoms with E-state index in [0.29, 0.717) is 53.3 Å². The van der Waals surface area contributed by atoms with Gasteiger partial charge in [-0.25, -0.2) is 14.5 Å². The minimum absolute atomic E-state index is 0.0461. The van der Waals surface area contributed by atoms with E-state index in [1.165, 1.54) is 19.3 Å². The fraction of sp³-hybridized carbons (Fsp3) is 0.654. The summed E-state index contributed by atoms with van der Waals surface area (Å²) in [5, 5.41) is 18.0. The number of hydrogen-bond donors (Lipinski definition) is 1. The third kappa shape index (κ3) is 4.65. The maximum Gasteiger partial charge on any atom is 0.409 e. The Kier molecular flexibility index (Phi) is 6.38. The van der Waals surface area contributed by atoms with Gasteiger partial charge in [0.1, 0.15) is 23.7 Å². The largest absolute Gasteiger partial charge is 0.488 e. The maximum atomic E-state index is 12.5. The van der Waals surface area contributed by atoms with Crippen molar-refractivity contribution in [1.29, 1.82) is 0 Å². The number of hydrogen-bond acceptors (Lipinski definition) is 7. The van der Waals surface area contributed by atoms with Crippen LogP contribution in [0.15, 0.2) is 12.1 Å². The van der Waals surface area contributed by atoms with Crippen LogP contribution in [-0.4, -0.2) is 61.7 Å². The van der Waals surface area contributed by atoms with Crippen molar-refractivity contribution < 1.29 is 24.2 Å². The van der Waals surface area contributed by atoms with Gasteiger partial charge in [-0.3, -0.25) is 4.79 Å². The Morgan fingerprint density at radius 1 is 1.28 bits per heavy atom. The van der Waals surface area contributed by atoms with Gasteiger partial charge in [-0.15, -0.1) is 5.10 Å². The number of rotatable bonds is 8. The average Bonchev–Trinajstić information content (AvgIpc) is 3.35. The van der Waals surface area contributed by atoms with Crippen LogP contribution in [0.4, 0.5) is 4.79 Å². The Labute approximate surface area is 211 Å². The van der Waals surface area contributed by atoms with Crippen LogP contribution in [0.2, 0.25) is 0 Å². The monoisotopic (exact) mass is 497 g/mol. The van der Waals surface area contributed by atoms with E-state index in [9.17, 15) is 14.7 Å². The zero-order valence-electron chi connectivity index (χ0n) is 21.4. The lowest BCUT2D eigenvalue weighted by atomic mass is 9.78. The van der Waals surface area contributed by atoms with Gasteiger partial charge in [0.15, 0.2) is 0 Å². The summed E-state index contributed by atoms with van der Waals surface area (Å²) >= 11 is 0. The highest BCUT2D eigenvalue weighted by molar-refractivity contribution is 5.72. The summed E-state index contributed by atoms with van der Waals surface area (Å²) < 4.78 is 13.4. The molecule has 0 bridgehead atoms. The van der Waals surface area contributed by atoms with E-state index in [1.54, 1.807) is 23.7 Å². The van der Waals surface area contributed by atoms with Crippen molar-refractivity contribution in [2.75, 3.05) is 13.6 Å². The number of carboxylic acid groups (broad SMARTS) is 1. The summed E-state index contributed by atoms with van der Waals surface area (Å²) in [7, 11) is 3.52. The molecule has 3 aliphatic rings. The zero-order chi connectivity index (χ0) is 25.6. The van der Waals surface area contributed by atoms with E-state index in [-0.39, 0.29) is 30.1 Å². The number of aliphatic carboxylic acids is 1. The summed E-state index contributed by atoms with van der Waals surface area (Å²) in [6.45, 7) is 4.70. The van der Waals surface area contributed by atoms with Crippen molar-refractivity contribution in [3.63, 3.8) is 0 Å². The van der Waals surface area contributed by atoms with Crippen molar-refractivity contribution >= 4 is 12.1 Å². The molecule has 36 heavy (non-hydrogen) atoms. The van der Waals surface area contributed by atoms with E-state index >= 15 is 0 Å². The van der Waals surface area contributed by atoms with Gasteiger partial charge in [0.05, 0.1) is 23.4 Å². The van der Waals surface area contributed by atoms with E-state index in [4.69, 9.17) is 14.5 Å². The summed E-state index contributed by atoms with van der Waals surface area (Å²) in [5.41, 5.74) is 2.44. The Hall–Kier alpha value is -3.17. The molecule has 2 heterocycles. The first-order valence-corrected chi connectivity index (χ1v) is 12.8. The van der Waals surface area contributed by atoms with Crippen LogP contribution in [0.25, 0.3) is 11.4 Å². The van der Waals surface area contributed by atoms with Crippen LogP contribution < -0.4 is 4.74 Å². The average molecular weight is 498 g/mol. The first kappa shape index (κ1) is 24.5. The Morgan fingerprint density at radius 3 is 2.72 bits per heavy atom. The highest BCUT2D eigenvalue weighted by atomic mass is 16.6. The van der Waals surface area contributed by atoms with Crippen LogP contribution in [0.3, 0.4) is 0 Å². The number of aromatic nitrogens is 4. The minimum Gasteiger partial charge on any atom is -0.488 e. The van der Waals surface area contributed by atoms with Gasteiger partial charge < -0.3 is 19.5 Å². The number of aryl methyl sites for hydroxylation is 2. The second-order valence-electron chi connectivity index (χ2n) is 11.0. The van der Waals surface area contributed by atoms with Crippen molar-refractivity contribution in [1.82, 2.24) is 24.9 Å². The Morgan fingerprint density at radius 2 is 2.06 bits per heavy atom. The number of pyridine rings is 1. The van der Waals surface area contributed by atoms with E-state index in [2.05, 4.69) is 17.2 Å². The number of carboxylic acids is 1. The van der Waals surface area contributed by atoms with Crippen LogP contribution in [-0.2, 0) is 23.2 Å². The standard InChI is InChI=1S/C26H35N5O5/c1-15-22(36-18-10-17-12-26(17,2)19(11-18)24(32)33)9-8-20(27-15)23-21(31(4)29-28-23)14-35-25(34)30(3)13-16-6-5-7-16/h8-9,16-19H,5-7,10-14H2,1-4H3,(H,32,33). The number of carbonyl (C=O) groups is 2. The van der Waals surface area contributed by atoms with E-state index in [0.717, 1.165) is 12.8 Å². The number of fused-ring (bicyclic) bond motifs is 1. The predicted octanol–water partition coefficient (Wildman–Crippen LogP) is 3.82. The Bertz CT molecular complexity index is 1160. The van der Waals surface area contributed by atoms with Crippen LogP contribution in [0.5, 0.6) is 5.75 Å². The van der Waals surface area contributed by atoms with Crippen molar-refractivity contribution in [2.45, 2.75) is 65.1 Å². The maximum absolute atomic E-state index is 12.5. The van der Waals surface area contributed by atoms with Gasteiger partial charge in [-0.05, 0) is 68.4 Å². The highest BCUT2D eigenvalue weighted by Crippen LogP contribution is 2.64. The molecule has 3 fully saturated rings. The van der Waals surface area contributed by atoms with Gasteiger partial charge in [0.2, 0.25) is 0 Å². The molecule has 0 aliphatic heterocycles. The summed E-state index contributed by atoms with van der Waals surface area (Å²) in [6.07, 6.45) is 5.41. The van der Waals surface area contributed by atoms with Crippen molar-refractivity contribution in [2.24, 2.45) is 30.2 Å². The van der Waals surface area contributed by atoms with Crippen molar-refractivity contribution in [3.05, 3.63) is 23.5 Å². The quantitative estimate of drug-likeness (QED) is 0.584. The number of nitrogens with zero attached hydrogens (tertiary/aromatic N) is 5.